The SMILES string of the molecule is CCC(C)NC(=O)C(C)NC(=O)c1cc(C)c(OCC(=O)O)c(C)c1. The molecule has 7 nitrogen and oxygen atoms in total. The van der Waals surface area contributed by atoms with Gasteiger partial charge in [-0.05, 0) is 57.4 Å². The molecule has 0 aromatic heterocycles. The van der Waals surface area contributed by atoms with Crippen LogP contribution in [0.3, 0.4) is 0 Å². The van der Waals surface area contributed by atoms with Gasteiger partial charge in [0.2, 0.25) is 5.91 Å². The molecule has 0 aliphatic heterocycles. The van der Waals surface area contributed by atoms with Crippen LogP contribution >= 0.6 is 0 Å². The average molecular weight is 350 g/mol. The monoisotopic (exact) mass is 350 g/mol. The lowest BCUT2D eigenvalue weighted by Gasteiger charge is -2.18. The number of hydrogen-bond acceptors (Lipinski definition) is 4. The molecule has 2 amide bonds. The zero-order valence-corrected chi connectivity index (χ0v) is 15.3. The third-order valence-electron chi connectivity index (χ3n) is 3.80. The highest BCUT2D eigenvalue weighted by molar-refractivity contribution is 5.98. The number of amides is 2. The van der Waals surface area contributed by atoms with Crippen LogP contribution in [0.2, 0.25) is 0 Å². The number of nitrogens with one attached hydrogen (secondary N) is 2. The summed E-state index contributed by atoms with van der Waals surface area (Å²) in [5.74, 6) is -1.23. The highest BCUT2D eigenvalue weighted by Gasteiger charge is 2.19. The molecule has 3 N–H and O–H groups in total. The van der Waals surface area contributed by atoms with E-state index in [1.807, 2.05) is 13.8 Å². The Hall–Kier alpha value is -2.57. The van der Waals surface area contributed by atoms with Crippen LogP contribution in [0.4, 0.5) is 0 Å². The summed E-state index contributed by atoms with van der Waals surface area (Å²) in [6, 6.07) is 2.60. The van der Waals surface area contributed by atoms with Crippen LogP contribution in [0.1, 0.15) is 48.7 Å². The number of ether oxygens (including phenoxy) is 1. The molecule has 2 unspecified atom stereocenters. The van der Waals surface area contributed by atoms with Crippen LogP contribution in [0.25, 0.3) is 0 Å². The Morgan fingerprint density at radius 3 is 2.16 bits per heavy atom. The molecule has 25 heavy (non-hydrogen) atoms. The maximum atomic E-state index is 12.4. The predicted molar refractivity (Wildman–Crippen MR) is 93.9 cm³/mol. The van der Waals surface area contributed by atoms with Crippen molar-refractivity contribution in [3.63, 3.8) is 0 Å². The number of carbonyl (C=O) groups is 3. The van der Waals surface area contributed by atoms with Crippen molar-refractivity contribution in [3.8, 4) is 5.75 Å². The Morgan fingerprint density at radius 2 is 1.68 bits per heavy atom. The van der Waals surface area contributed by atoms with E-state index in [2.05, 4.69) is 10.6 Å². The first-order chi connectivity index (χ1) is 11.6. The fourth-order valence-electron chi connectivity index (χ4n) is 2.26. The second-order valence-corrected chi connectivity index (χ2v) is 6.13. The molecule has 1 aromatic rings. The molecule has 138 valence electrons. The zero-order valence-electron chi connectivity index (χ0n) is 15.3. The van der Waals surface area contributed by atoms with Gasteiger partial charge in [0.05, 0.1) is 0 Å². The number of carboxylic acids is 1. The van der Waals surface area contributed by atoms with Crippen molar-refractivity contribution in [2.75, 3.05) is 6.61 Å². The highest BCUT2D eigenvalue weighted by atomic mass is 16.5. The lowest BCUT2D eigenvalue weighted by atomic mass is 10.0. The highest BCUT2D eigenvalue weighted by Crippen LogP contribution is 2.24. The van der Waals surface area contributed by atoms with Crippen LogP contribution < -0.4 is 15.4 Å². The normalized spacial score (nSPS) is 12.8. The summed E-state index contributed by atoms with van der Waals surface area (Å²) in [6.45, 7) is 8.52. The first kappa shape index (κ1) is 20.5. The number of hydrogen-bond donors (Lipinski definition) is 3. The summed E-state index contributed by atoms with van der Waals surface area (Å²) in [5, 5.41) is 14.2. The fourth-order valence-corrected chi connectivity index (χ4v) is 2.26. The summed E-state index contributed by atoms with van der Waals surface area (Å²) >= 11 is 0. The van der Waals surface area contributed by atoms with Gasteiger partial charge in [0.1, 0.15) is 11.8 Å². The van der Waals surface area contributed by atoms with E-state index in [0.717, 1.165) is 6.42 Å². The van der Waals surface area contributed by atoms with Crippen molar-refractivity contribution >= 4 is 17.8 Å². The minimum atomic E-state index is -1.07. The van der Waals surface area contributed by atoms with E-state index in [0.29, 0.717) is 22.4 Å². The van der Waals surface area contributed by atoms with Crippen molar-refractivity contribution < 1.29 is 24.2 Å². The third-order valence-corrected chi connectivity index (χ3v) is 3.80. The van der Waals surface area contributed by atoms with E-state index in [9.17, 15) is 14.4 Å². The minimum Gasteiger partial charge on any atom is -0.481 e. The molecule has 0 radical (unpaired) electrons. The van der Waals surface area contributed by atoms with E-state index in [1.54, 1.807) is 32.9 Å². The largest absolute Gasteiger partial charge is 0.481 e. The molecule has 1 aromatic carbocycles. The Balaban J connectivity index is 2.82. The van der Waals surface area contributed by atoms with Crippen LogP contribution in [-0.4, -0.2) is 41.6 Å². The molecule has 0 saturated heterocycles. The van der Waals surface area contributed by atoms with Crippen LogP contribution in [0, 0.1) is 13.8 Å². The summed E-state index contributed by atoms with van der Waals surface area (Å²) in [5.41, 5.74) is 1.70. The molecule has 0 fully saturated rings. The average Bonchev–Trinajstić information content (AvgIpc) is 2.53. The lowest BCUT2D eigenvalue weighted by molar-refractivity contribution is -0.139. The topological polar surface area (TPSA) is 105 Å². The van der Waals surface area contributed by atoms with Crippen molar-refractivity contribution in [1.29, 1.82) is 0 Å². The van der Waals surface area contributed by atoms with E-state index in [4.69, 9.17) is 9.84 Å². The molecule has 7 heteroatoms. The van der Waals surface area contributed by atoms with E-state index < -0.39 is 18.6 Å². The molecule has 1 rings (SSSR count). The minimum absolute atomic E-state index is 0.0435. The maximum absolute atomic E-state index is 12.4. The molecule has 0 aliphatic carbocycles. The number of carboxylic acid groups (broad SMARTS) is 1. The summed E-state index contributed by atoms with van der Waals surface area (Å²) in [7, 11) is 0. The van der Waals surface area contributed by atoms with Crippen molar-refractivity contribution in [2.45, 2.75) is 53.1 Å². The second-order valence-electron chi connectivity index (χ2n) is 6.13. The van der Waals surface area contributed by atoms with Gasteiger partial charge in [0.25, 0.3) is 5.91 Å². The standard InChI is InChI=1S/C18H26N2O5/c1-6-12(4)19-17(23)13(5)20-18(24)14-7-10(2)16(11(3)8-14)25-9-15(21)22/h7-8,12-13H,6,9H2,1-5H3,(H,19,23)(H,20,24)(H,21,22). The van der Waals surface area contributed by atoms with Gasteiger partial charge < -0.3 is 20.5 Å². The van der Waals surface area contributed by atoms with Gasteiger partial charge in [-0.1, -0.05) is 6.92 Å². The van der Waals surface area contributed by atoms with Gasteiger partial charge >= 0.3 is 5.97 Å². The van der Waals surface area contributed by atoms with Gasteiger partial charge in [-0.2, -0.15) is 0 Å². The van der Waals surface area contributed by atoms with Gasteiger partial charge in [0, 0.05) is 11.6 Å². The lowest BCUT2D eigenvalue weighted by Crippen LogP contribution is -2.47. The Labute approximate surface area is 147 Å². The Bertz CT molecular complexity index is 634. The van der Waals surface area contributed by atoms with Crippen molar-refractivity contribution in [1.82, 2.24) is 10.6 Å². The van der Waals surface area contributed by atoms with Crippen molar-refractivity contribution in [3.05, 3.63) is 28.8 Å². The van der Waals surface area contributed by atoms with Gasteiger partial charge in [0.15, 0.2) is 6.61 Å². The van der Waals surface area contributed by atoms with Crippen LogP contribution in [0.5, 0.6) is 5.75 Å². The number of rotatable bonds is 8. The van der Waals surface area contributed by atoms with Crippen LogP contribution in [-0.2, 0) is 9.59 Å². The fraction of sp³-hybridized carbons (Fsp3) is 0.500. The molecule has 0 aliphatic rings. The Morgan fingerprint density at radius 1 is 1.12 bits per heavy atom. The summed E-state index contributed by atoms with van der Waals surface area (Å²) < 4.78 is 5.24. The number of benzene rings is 1. The first-order valence-electron chi connectivity index (χ1n) is 8.22. The molecule has 0 spiro atoms. The summed E-state index contributed by atoms with van der Waals surface area (Å²) in [4.78, 5) is 35.0. The van der Waals surface area contributed by atoms with E-state index in [1.165, 1.54) is 0 Å². The second kappa shape index (κ2) is 9.05. The molecule has 2 atom stereocenters. The smallest absolute Gasteiger partial charge is 0.341 e. The molecular formula is C18H26N2O5. The first-order valence-corrected chi connectivity index (χ1v) is 8.22. The quantitative estimate of drug-likeness (QED) is 0.663. The number of aryl methyl sites for hydroxylation is 2. The van der Waals surface area contributed by atoms with Crippen LogP contribution in [0.15, 0.2) is 12.1 Å². The van der Waals surface area contributed by atoms with Gasteiger partial charge in [-0.3, -0.25) is 9.59 Å². The predicted octanol–water partition coefficient (Wildman–Crippen LogP) is 1.80. The molecule has 0 saturated carbocycles. The van der Waals surface area contributed by atoms with E-state index >= 15 is 0 Å². The molecular weight excluding hydrogens is 324 g/mol. The van der Waals surface area contributed by atoms with Crippen molar-refractivity contribution in [2.24, 2.45) is 0 Å². The third kappa shape index (κ3) is 6.10. The molecule has 0 bridgehead atoms. The maximum Gasteiger partial charge on any atom is 0.341 e. The van der Waals surface area contributed by atoms with Gasteiger partial charge in [-0.15, -0.1) is 0 Å². The summed E-state index contributed by atoms with van der Waals surface area (Å²) in [6.07, 6.45) is 0.808. The Kier molecular flexibility index (Phi) is 7.42. The number of aliphatic carboxylic acids is 1. The zero-order chi connectivity index (χ0) is 19.1. The van der Waals surface area contributed by atoms with E-state index in [-0.39, 0.29) is 17.9 Å². The number of carbonyl (C=O) groups excluding carboxylic acids is 2. The molecule has 0 heterocycles. The van der Waals surface area contributed by atoms with Gasteiger partial charge in [-0.25, -0.2) is 4.79 Å².